The molecule has 0 N–H and O–H groups in total. The molecule has 0 bridgehead atoms. The lowest BCUT2D eigenvalue weighted by Gasteiger charge is -2.18. The second-order valence-corrected chi connectivity index (χ2v) is 5.35. The summed E-state index contributed by atoms with van der Waals surface area (Å²) < 4.78 is 7.39. The predicted octanol–water partition coefficient (Wildman–Crippen LogP) is 3.82. The first-order chi connectivity index (χ1) is 10.1. The Morgan fingerprint density at radius 3 is 2.81 bits per heavy atom. The Labute approximate surface area is 134 Å². The number of hydrogen-bond acceptors (Lipinski definition) is 4. The maximum atomic E-state index is 11.8. The summed E-state index contributed by atoms with van der Waals surface area (Å²) in [6.45, 7) is 0.566. The molecule has 1 aromatic heterocycles. The van der Waals surface area contributed by atoms with Crippen molar-refractivity contribution in [2.75, 3.05) is 20.2 Å². The van der Waals surface area contributed by atoms with Crippen LogP contribution >= 0.6 is 22.6 Å². The second-order valence-electron chi connectivity index (χ2n) is 4.11. The van der Waals surface area contributed by atoms with Crippen molar-refractivity contribution in [1.82, 2.24) is 4.57 Å². The van der Waals surface area contributed by atoms with E-state index < -0.39 is 5.97 Å². The van der Waals surface area contributed by atoms with Crippen LogP contribution < -0.4 is 0 Å². The monoisotopic (exact) mass is 403 g/mol. The molecule has 0 amide bonds. The average Bonchev–Trinajstić information content (AvgIpc) is 2.87. The molecule has 0 aliphatic carbocycles. The number of azide groups is 2. The average molecular weight is 403 g/mol. The largest absolute Gasteiger partial charge is 0.464 e. The lowest BCUT2D eigenvalue weighted by Crippen LogP contribution is -2.18. The fourth-order valence-corrected chi connectivity index (χ4v) is 2.50. The molecule has 0 aliphatic rings. The van der Waals surface area contributed by atoms with E-state index in [1.165, 1.54) is 7.11 Å². The van der Waals surface area contributed by atoms with Crippen LogP contribution in [-0.4, -0.2) is 30.7 Å². The predicted molar refractivity (Wildman–Crippen MR) is 84.8 cm³/mol. The van der Waals surface area contributed by atoms with Gasteiger partial charge >= 0.3 is 5.97 Å². The molecule has 112 valence electrons. The van der Waals surface area contributed by atoms with Crippen LogP contribution in [0.4, 0.5) is 0 Å². The van der Waals surface area contributed by atoms with E-state index in [4.69, 9.17) is 15.8 Å². The molecule has 9 nitrogen and oxygen atoms in total. The number of hydrogen-bond donors (Lipinski definition) is 0. The Bertz CT molecular complexity index is 587. The van der Waals surface area contributed by atoms with Gasteiger partial charge in [-0.25, -0.2) is 4.79 Å². The van der Waals surface area contributed by atoms with Gasteiger partial charge in [0.25, 0.3) is 0 Å². The zero-order valence-electron chi connectivity index (χ0n) is 11.4. The van der Waals surface area contributed by atoms with Crippen LogP contribution in [0.2, 0.25) is 0 Å². The Morgan fingerprint density at radius 2 is 2.19 bits per heavy atom. The van der Waals surface area contributed by atoms with E-state index in [1.54, 1.807) is 16.8 Å². The molecule has 0 aromatic carbocycles. The minimum absolute atomic E-state index is 0.188. The Morgan fingerprint density at radius 1 is 1.48 bits per heavy atom. The van der Waals surface area contributed by atoms with Crippen molar-refractivity contribution in [2.24, 2.45) is 10.2 Å². The SMILES string of the molecule is COC(=O)c1cc(I)cn1[C@@H](CCCN=[N+]=[N-])CN=[N+]=[N-]. The van der Waals surface area contributed by atoms with Crippen molar-refractivity contribution in [3.63, 3.8) is 0 Å². The van der Waals surface area contributed by atoms with Crippen molar-refractivity contribution >= 4 is 28.6 Å². The molecular weight excluding hydrogens is 389 g/mol. The molecule has 21 heavy (non-hydrogen) atoms. The number of aromatic nitrogens is 1. The van der Waals surface area contributed by atoms with Crippen molar-refractivity contribution in [3.05, 3.63) is 42.4 Å². The van der Waals surface area contributed by atoms with Gasteiger partial charge in [-0.05, 0) is 52.6 Å². The van der Waals surface area contributed by atoms with Gasteiger partial charge in [0.15, 0.2) is 0 Å². The van der Waals surface area contributed by atoms with Crippen LogP contribution in [0.25, 0.3) is 20.9 Å². The normalized spacial score (nSPS) is 11.1. The third kappa shape index (κ3) is 5.18. The molecule has 0 saturated heterocycles. The summed E-state index contributed by atoms with van der Waals surface area (Å²) in [6, 6.07) is 1.52. The molecule has 1 aromatic rings. The number of esters is 1. The van der Waals surface area contributed by atoms with Gasteiger partial charge in [0.05, 0.1) is 7.11 Å². The fourth-order valence-electron chi connectivity index (χ4n) is 1.91. The van der Waals surface area contributed by atoms with Gasteiger partial charge in [0, 0.05) is 38.7 Å². The number of ether oxygens (including phenoxy) is 1. The topological polar surface area (TPSA) is 129 Å². The minimum atomic E-state index is -0.445. The van der Waals surface area contributed by atoms with Gasteiger partial charge in [0.1, 0.15) is 5.69 Å². The van der Waals surface area contributed by atoms with Crippen LogP contribution in [0.15, 0.2) is 22.5 Å². The van der Waals surface area contributed by atoms with E-state index in [1.807, 2.05) is 0 Å². The van der Waals surface area contributed by atoms with Crippen LogP contribution in [0.3, 0.4) is 0 Å². The molecule has 10 heteroatoms. The molecule has 1 rings (SSSR count). The summed E-state index contributed by atoms with van der Waals surface area (Å²) in [5, 5.41) is 7.06. The maximum Gasteiger partial charge on any atom is 0.354 e. The number of rotatable bonds is 8. The number of halogens is 1. The smallest absolute Gasteiger partial charge is 0.354 e. The van der Waals surface area contributed by atoms with E-state index in [0.29, 0.717) is 25.1 Å². The molecular formula is C11H14IN7O2. The highest BCUT2D eigenvalue weighted by Crippen LogP contribution is 2.22. The van der Waals surface area contributed by atoms with Crippen molar-refractivity contribution in [3.8, 4) is 0 Å². The number of methoxy groups -OCH3 is 1. The van der Waals surface area contributed by atoms with Gasteiger partial charge in [0.2, 0.25) is 0 Å². The summed E-state index contributed by atoms with van der Waals surface area (Å²) in [4.78, 5) is 17.2. The number of nitrogens with zero attached hydrogens (tertiary/aromatic N) is 7. The summed E-state index contributed by atoms with van der Waals surface area (Å²) in [5.74, 6) is -0.445. The highest BCUT2D eigenvalue weighted by molar-refractivity contribution is 14.1. The van der Waals surface area contributed by atoms with Crippen molar-refractivity contribution in [2.45, 2.75) is 18.9 Å². The van der Waals surface area contributed by atoms with E-state index in [0.717, 1.165) is 3.57 Å². The maximum absolute atomic E-state index is 11.8. The van der Waals surface area contributed by atoms with Crippen molar-refractivity contribution < 1.29 is 9.53 Å². The molecule has 1 heterocycles. The minimum Gasteiger partial charge on any atom is -0.464 e. The fraction of sp³-hybridized carbons (Fsp3) is 0.545. The van der Waals surface area contributed by atoms with Crippen LogP contribution in [0.5, 0.6) is 0 Å². The first-order valence-electron chi connectivity index (χ1n) is 6.11. The third-order valence-electron chi connectivity index (χ3n) is 2.82. The molecule has 0 spiro atoms. The third-order valence-corrected chi connectivity index (χ3v) is 3.41. The lowest BCUT2D eigenvalue weighted by atomic mass is 10.1. The molecule has 0 saturated carbocycles. The van der Waals surface area contributed by atoms with E-state index in [-0.39, 0.29) is 12.6 Å². The molecule has 0 fully saturated rings. The van der Waals surface area contributed by atoms with Gasteiger partial charge in [-0.15, -0.1) is 0 Å². The van der Waals surface area contributed by atoms with Gasteiger partial charge in [-0.2, -0.15) is 0 Å². The highest BCUT2D eigenvalue weighted by Gasteiger charge is 2.19. The molecule has 0 radical (unpaired) electrons. The first-order valence-corrected chi connectivity index (χ1v) is 7.19. The van der Waals surface area contributed by atoms with E-state index in [2.05, 4.69) is 42.6 Å². The summed E-state index contributed by atoms with van der Waals surface area (Å²) in [5.41, 5.74) is 17.2. The Balaban J connectivity index is 2.98. The molecule has 0 aliphatic heterocycles. The number of carbonyl (C=O) groups excluding carboxylic acids is 1. The second kappa shape index (κ2) is 9.11. The van der Waals surface area contributed by atoms with Crippen LogP contribution in [0.1, 0.15) is 29.4 Å². The zero-order chi connectivity index (χ0) is 15.7. The van der Waals surface area contributed by atoms with Crippen molar-refractivity contribution in [1.29, 1.82) is 0 Å². The Hall–Kier alpha value is -1.90. The molecule has 1 atom stereocenters. The van der Waals surface area contributed by atoms with Gasteiger partial charge in [-0.3, -0.25) is 0 Å². The number of carbonyl (C=O) groups is 1. The summed E-state index contributed by atoms with van der Waals surface area (Å²) in [6.07, 6.45) is 3.05. The summed E-state index contributed by atoms with van der Waals surface area (Å²) >= 11 is 2.10. The first kappa shape index (κ1) is 17.2. The highest BCUT2D eigenvalue weighted by atomic mass is 127. The lowest BCUT2D eigenvalue weighted by molar-refractivity contribution is 0.0585. The quantitative estimate of drug-likeness (QED) is 0.163. The van der Waals surface area contributed by atoms with E-state index in [9.17, 15) is 4.79 Å². The molecule has 0 unspecified atom stereocenters. The van der Waals surface area contributed by atoms with Crippen LogP contribution in [-0.2, 0) is 4.74 Å². The van der Waals surface area contributed by atoms with Gasteiger partial charge < -0.3 is 9.30 Å². The Kier molecular flexibility index (Phi) is 7.44. The standard InChI is InChI=1S/C11H14IN7O2/c1-21-11(20)10-5-8(12)7-19(10)9(6-16-18-14)3-2-4-15-17-13/h5,7,9H,2-4,6H2,1H3/t9-/m0/s1. The van der Waals surface area contributed by atoms with Gasteiger partial charge in [-0.1, -0.05) is 10.2 Å². The summed E-state index contributed by atoms with van der Waals surface area (Å²) in [7, 11) is 1.32. The zero-order valence-corrected chi connectivity index (χ0v) is 13.5. The van der Waals surface area contributed by atoms with Crippen LogP contribution in [0, 0.1) is 3.57 Å². The van der Waals surface area contributed by atoms with E-state index >= 15 is 0 Å².